The number of carbonyl (C=O) groups excluding carboxylic acids is 1. The molecule has 2 aromatic heterocycles. The lowest BCUT2D eigenvalue weighted by molar-refractivity contribution is 0.0686. The number of thiophene rings is 1. The third kappa shape index (κ3) is 3.16. The van der Waals surface area contributed by atoms with Gasteiger partial charge in [0.1, 0.15) is 10.4 Å². The Morgan fingerprint density at radius 2 is 2.38 bits per heavy atom. The van der Waals surface area contributed by atoms with Gasteiger partial charge in [0.25, 0.3) is 5.91 Å². The van der Waals surface area contributed by atoms with Crippen LogP contribution in [0.1, 0.15) is 22.5 Å². The standard InChI is InChI=1S/C15H19N3O2S/c1-18(7-8-20-9-10-4-5-10)15(19)14-12(16)13-11(21-14)3-2-6-17-13/h2-3,6,10H,4-5,7-9,16H2,1H3. The molecule has 2 N–H and O–H groups in total. The van der Waals surface area contributed by atoms with Gasteiger partial charge >= 0.3 is 0 Å². The van der Waals surface area contributed by atoms with Crippen LogP contribution in [-0.2, 0) is 4.74 Å². The molecular formula is C15H19N3O2S. The van der Waals surface area contributed by atoms with Crippen LogP contribution in [0.15, 0.2) is 18.3 Å². The van der Waals surface area contributed by atoms with Crippen molar-refractivity contribution in [1.29, 1.82) is 0 Å². The normalized spacial score (nSPS) is 14.5. The van der Waals surface area contributed by atoms with E-state index >= 15 is 0 Å². The maximum atomic E-state index is 12.4. The molecule has 5 nitrogen and oxygen atoms in total. The molecule has 112 valence electrons. The monoisotopic (exact) mass is 305 g/mol. The van der Waals surface area contributed by atoms with Crippen LogP contribution in [0.2, 0.25) is 0 Å². The summed E-state index contributed by atoms with van der Waals surface area (Å²) in [5.41, 5.74) is 7.24. The summed E-state index contributed by atoms with van der Waals surface area (Å²) >= 11 is 1.39. The number of fused-ring (bicyclic) bond motifs is 1. The topological polar surface area (TPSA) is 68.5 Å². The van der Waals surface area contributed by atoms with Crippen molar-refractivity contribution in [2.75, 3.05) is 32.5 Å². The quantitative estimate of drug-likeness (QED) is 0.832. The summed E-state index contributed by atoms with van der Waals surface area (Å²) in [7, 11) is 1.78. The Morgan fingerprint density at radius 1 is 1.57 bits per heavy atom. The number of rotatable bonds is 6. The first-order valence-electron chi connectivity index (χ1n) is 7.13. The van der Waals surface area contributed by atoms with Gasteiger partial charge in [-0.2, -0.15) is 0 Å². The fourth-order valence-electron chi connectivity index (χ4n) is 2.12. The van der Waals surface area contributed by atoms with E-state index in [1.54, 1.807) is 18.1 Å². The van der Waals surface area contributed by atoms with E-state index in [0.29, 0.717) is 29.2 Å². The highest BCUT2D eigenvalue weighted by molar-refractivity contribution is 7.21. The summed E-state index contributed by atoms with van der Waals surface area (Å²) in [4.78, 5) is 18.9. The van der Waals surface area contributed by atoms with Crippen molar-refractivity contribution in [3.63, 3.8) is 0 Å². The fraction of sp³-hybridized carbons (Fsp3) is 0.467. The van der Waals surface area contributed by atoms with E-state index in [-0.39, 0.29) is 5.91 Å². The SMILES string of the molecule is CN(CCOCC1CC1)C(=O)c1sc2cccnc2c1N. The van der Waals surface area contributed by atoms with Crippen molar-refractivity contribution < 1.29 is 9.53 Å². The molecule has 0 spiro atoms. The minimum Gasteiger partial charge on any atom is -0.396 e. The lowest BCUT2D eigenvalue weighted by atomic mass is 10.3. The summed E-state index contributed by atoms with van der Waals surface area (Å²) < 4.78 is 6.51. The average Bonchev–Trinajstić information content (AvgIpc) is 3.26. The van der Waals surface area contributed by atoms with Gasteiger partial charge in [-0.05, 0) is 30.9 Å². The molecule has 1 aliphatic rings. The molecule has 1 fully saturated rings. The van der Waals surface area contributed by atoms with E-state index in [1.807, 2.05) is 12.1 Å². The molecule has 21 heavy (non-hydrogen) atoms. The number of nitrogens with zero attached hydrogens (tertiary/aromatic N) is 2. The predicted octanol–water partition coefficient (Wildman–Crippen LogP) is 2.38. The Kier molecular flexibility index (Phi) is 4.07. The molecule has 0 radical (unpaired) electrons. The number of ether oxygens (including phenoxy) is 1. The Morgan fingerprint density at radius 3 is 3.10 bits per heavy atom. The Bertz CT molecular complexity index is 651. The van der Waals surface area contributed by atoms with Crippen molar-refractivity contribution in [2.45, 2.75) is 12.8 Å². The zero-order valence-electron chi connectivity index (χ0n) is 12.0. The highest BCUT2D eigenvalue weighted by Gasteiger charge is 2.22. The van der Waals surface area contributed by atoms with Gasteiger partial charge in [0.15, 0.2) is 0 Å². The summed E-state index contributed by atoms with van der Waals surface area (Å²) in [6.45, 7) is 1.96. The summed E-state index contributed by atoms with van der Waals surface area (Å²) in [5, 5.41) is 0. The van der Waals surface area contributed by atoms with Crippen molar-refractivity contribution in [2.24, 2.45) is 5.92 Å². The first kappa shape index (κ1) is 14.3. The highest BCUT2D eigenvalue weighted by Crippen LogP contribution is 2.32. The average molecular weight is 305 g/mol. The van der Waals surface area contributed by atoms with Crippen LogP contribution in [0.3, 0.4) is 0 Å². The number of hydrogen-bond donors (Lipinski definition) is 1. The zero-order chi connectivity index (χ0) is 14.8. The molecule has 1 saturated carbocycles. The molecule has 1 aliphatic carbocycles. The number of hydrogen-bond acceptors (Lipinski definition) is 5. The van der Waals surface area contributed by atoms with Crippen LogP contribution in [0.4, 0.5) is 5.69 Å². The van der Waals surface area contributed by atoms with E-state index in [1.165, 1.54) is 24.2 Å². The van der Waals surface area contributed by atoms with Crippen LogP contribution in [0.5, 0.6) is 0 Å². The number of nitrogen functional groups attached to an aromatic ring is 1. The van der Waals surface area contributed by atoms with Gasteiger partial charge in [-0.3, -0.25) is 9.78 Å². The third-order valence-electron chi connectivity index (χ3n) is 3.64. The van der Waals surface area contributed by atoms with Crippen LogP contribution < -0.4 is 5.73 Å². The molecule has 6 heteroatoms. The molecular weight excluding hydrogens is 286 g/mol. The van der Waals surface area contributed by atoms with E-state index in [4.69, 9.17) is 10.5 Å². The Balaban J connectivity index is 1.63. The molecule has 0 atom stereocenters. The molecule has 2 heterocycles. The lowest BCUT2D eigenvalue weighted by Crippen LogP contribution is -2.30. The predicted molar refractivity (Wildman–Crippen MR) is 84.5 cm³/mol. The molecule has 0 saturated heterocycles. The first-order valence-corrected chi connectivity index (χ1v) is 7.94. The molecule has 0 aromatic carbocycles. The van der Waals surface area contributed by atoms with Gasteiger partial charge in [0, 0.05) is 26.4 Å². The van der Waals surface area contributed by atoms with E-state index in [9.17, 15) is 4.79 Å². The number of carbonyl (C=O) groups is 1. The van der Waals surface area contributed by atoms with Crippen LogP contribution in [-0.4, -0.2) is 42.6 Å². The van der Waals surface area contributed by atoms with Gasteiger partial charge in [-0.1, -0.05) is 0 Å². The van der Waals surface area contributed by atoms with Crippen molar-refractivity contribution in [1.82, 2.24) is 9.88 Å². The van der Waals surface area contributed by atoms with Crippen LogP contribution in [0, 0.1) is 5.92 Å². The van der Waals surface area contributed by atoms with Gasteiger partial charge in [-0.15, -0.1) is 11.3 Å². The molecule has 0 unspecified atom stereocenters. The number of pyridine rings is 1. The van der Waals surface area contributed by atoms with Gasteiger partial charge < -0.3 is 15.4 Å². The summed E-state index contributed by atoms with van der Waals surface area (Å²) in [6, 6.07) is 3.78. The molecule has 2 aromatic rings. The van der Waals surface area contributed by atoms with Gasteiger partial charge in [0.2, 0.25) is 0 Å². The minimum absolute atomic E-state index is 0.0643. The number of nitrogens with two attached hydrogens (primary N) is 1. The third-order valence-corrected chi connectivity index (χ3v) is 4.79. The van der Waals surface area contributed by atoms with Gasteiger partial charge in [-0.25, -0.2) is 0 Å². The van der Waals surface area contributed by atoms with E-state index in [0.717, 1.165) is 17.2 Å². The van der Waals surface area contributed by atoms with Crippen LogP contribution in [0.25, 0.3) is 10.2 Å². The molecule has 3 rings (SSSR count). The maximum absolute atomic E-state index is 12.4. The van der Waals surface area contributed by atoms with Gasteiger partial charge in [0.05, 0.1) is 17.0 Å². The van der Waals surface area contributed by atoms with Crippen molar-refractivity contribution >= 4 is 33.1 Å². The van der Waals surface area contributed by atoms with Crippen molar-refractivity contribution in [3.05, 3.63) is 23.2 Å². The number of amides is 1. The largest absolute Gasteiger partial charge is 0.396 e. The number of aromatic nitrogens is 1. The maximum Gasteiger partial charge on any atom is 0.265 e. The second-order valence-corrected chi connectivity index (χ2v) is 6.49. The smallest absolute Gasteiger partial charge is 0.265 e. The highest BCUT2D eigenvalue weighted by atomic mass is 32.1. The first-order chi connectivity index (χ1) is 10.2. The van der Waals surface area contributed by atoms with E-state index in [2.05, 4.69) is 4.98 Å². The Labute approximate surface area is 127 Å². The van der Waals surface area contributed by atoms with E-state index < -0.39 is 0 Å². The lowest BCUT2D eigenvalue weighted by Gasteiger charge is -2.16. The zero-order valence-corrected chi connectivity index (χ0v) is 12.9. The van der Waals surface area contributed by atoms with Crippen molar-refractivity contribution in [3.8, 4) is 0 Å². The molecule has 0 aliphatic heterocycles. The molecule has 1 amide bonds. The second kappa shape index (κ2) is 5.99. The second-order valence-electron chi connectivity index (χ2n) is 5.44. The minimum atomic E-state index is -0.0643. The Hall–Kier alpha value is -1.66. The summed E-state index contributed by atoms with van der Waals surface area (Å²) in [5.74, 6) is 0.681. The van der Waals surface area contributed by atoms with Crippen LogP contribution >= 0.6 is 11.3 Å². The fourth-order valence-corrected chi connectivity index (χ4v) is 3.19. The summed E-state index contributed by atoms with van der Waals surface area (Å²) in [6.07, 6.45) is 4.25. The number of anilines is 1. The number of likely N-dealkylation sites (N-methyl/N-ethyl adjacent to an activating group) is 1. The molecule has 0 bridgehead atoms.